The Morgan fingerprint density at radius 1 is 0.923 bits per heavy atom. The number of allylic oxidation sites excluding steroid dienone is 2. The molecule has 0 aromatic heterocycles. The summed E-state index contributed by atoms with van der Waals surface area (Å²) < 4.78 is 0. The van der Waals surface area contributed by atoms with E-state index in [2.05, 4.69) is 13.8 Å². The first-order valence-corrected chi connectivity index (χ1v) is 6.08. The van der Waals surface area contributed by atoms with Crippen molar-refractivity contribution in [3.8, 4) is 0 Å². The highest BCUT2D eigenvalue weighted by molar-refractivity contribution is 5.25. The van der Waals surface area contributed by atoms with Crippen LogP contribution in [-0.2, 0) is 0 Å². The van der Waals surface area contributed by atoms with Gasteiger partial charge in [-0.05, 0) is 32.1 Å². The lowest BCUT2D eigenvalue weighted by Crippen LogP contribution is -1.85. The summed E-state index contributed by atoms with van der Waals surface area (Å²) in [5.74, 6) is 0. The van der Waals surface area contributed by atoms with E-state index in [1.807, 2.05) is 5.57 Å². The summed E-state index contributed by atoms with van der Waals surface area (Å²) in [6.07, 6.45) is 12.6. The number of unbranched alkanes of at least 4 members (excludes halogenated alkanes) is 3. The molecule has 1 aliphatic carbocycles. The number of rotatable bonds is 7. The summed E-state index contributed by atoms with van der Waals surface area (Å²) in [6, 6.07) is 0. The SMILES string of the molecule is CCCCCCC(CCC)=C1CC1. The van der Waals surface area contributed by atoms with Gasteiger partial charge in [-0.15, -0.1) is 0 Å². The monoisotopic (exact) mass is 180 g/mol. The zero-order chi connectivity index (χ0) is 9.52. The molecule has 0 bridgehead atoms. The average Bonchev–Trinajstić information content (AvgIpc) is 2.93. The van der Waals surface area contributed by atoms with Crippen LogP contribution in [0, 0.1) is 0 Å². The highest BCUT2D eigenvalue weighted by Gasteiger charge is 2.16. The molecule has 1 aliphatic rings. The number of hydrogen-bond donors (Lipinski definition) is 0. The van der Waals surface area contributed by atoms with Crippen LogP contribution in [0.15, 0.2) is 11.1 Å². The summed E-state index contributed by atoms with van der Waals surface area (Å²) in [5, 5.41) is 0. The summed E-state index contributed by atoms with van der Waals surface area (Å²) >= 11 is 0. The first-order valence-electron chi connectivity index (χ1n) is 6.08. The van der Waals surface area contributed by atoms with Crippen LogP contribution in [0.3, 0.4) is 0 Å². The Balaban J connectivity index is 2.13. The van der Waals surface area contributed by atoms with E-state index < -0.39 is 0 Å². The van der Waals surface area contributed by atoms with Crippen LogP contribution in [0.1, 0.15) is 71.6 Å². The molecule has 1 fully saturated rings. The van der Waals surface area contributed by atoms with Gasteiger partial charge in [-0.3, -0.25) is 0 Å². The van der Waals surface area contributed by atoms with Gasteiger partial charge in [-0.2, -0.15) is 0 Å². The highest BCUT2D eigenvalue weighted by atomic mass is 14.2. The summed E-state index contributed by atoms with van der Waals surface area (Å²) in [6.45, 7) is 4.58. The molecule has 0 saturated heterocycles. The third kappa shape index (κ3) is 4.50. The van der Waals surface area contributed by atoms with E-state index in [1.165, 1.54) is 57.8 Å². The molecule has 0 spiro atoms. The highest BCUT2D eigenvalue weighted by Crippen LogP contribution is 2.35. The molecule has 0 nitrogen and oxygen atoms in total. The van der Waals surface area contributed by atoms with Gasteiger partial charge in [0.25, 0.3) is 0 Å². The zero-order valence-corrected chi connectivity index (χ0v) is 9.36. The van der Waals surface area contributed by atoms with Crippen molar-refractivity contribution >= 4 is 0 Å². The van der Waals surface area contributed by atoms with Crippen molar-refractivity contribution in [1.29, 1.82) is 0 Å². The first-order chi connectivity index (χ1) is 6.38. The fourth-order valence-electron chi connectivity index (χ4n) is 1.96. The molecular formula is C13H24. The second-order valence-electron chi connectivity index (χ2n) is 4.27. The molecule has 0 amide bonds. The predicted octanol–water partition coefficient (Wildman–Crippen LogP) is 4.85. The minimum Gasteiger partial charge on any atom is -0.0710 e. The molecule has 0 heteroatoms. The average molecular weight is 180 g/mol. The number of hydrogen-bond acceptors (Lipinski definition) is 0. The fraction of sp³-hybridized carbons (Fsp3) is 0.846. The standard InChI is InChI=1S/C13H24/c1-3-5-6-7-9-12(8-4-2)13-10-11-13/h3-11H2,1-2H3. The molecule has 13 heavy (non-hydrogen) atoms. The van der Waals surface area contributed by atoms with Gasteiger partial charge in [0.15, 0.2) is 0 Å². The van der Waals surface area contributed by atoms with Crippen LogP contribution >= 0.6 is 0 Å². The lowest BCUT2D eigenvalue weighted by molar-refractivity contribution is 0.651. The predicted molar refractivity (Wildman–Crippen MR) is 59.9 cm³/mol. The molecule has 0 heterocycles. The van der Waals surface area contributed by atoms with Gasteiger partial charge in [0.2, 0.25) is 0 Å². The van der Waals surface area contributed by atoms with E-state index in [1.54, 1.807) is 5.57 Å². The molecule has 0 N–H and O–H groups in total. The second-order valence-corrected chi connectivity index (χ2v) is 4.27. The Hall–Kier alpha value is -0.260. The Bertz CT molecular complexity index is 159. The first kappa shape index (κ1) is 10.8. The minimum atomic E-state index is 1.34. The Labute approximate surface area is 83.4 Å². The maximum atomic E-state index is 2.30. The largest absolute Gasteiger partial charge is 0.0710 e. The lowest BCUT2D eigenvalue weighted by atomic mass is 10.0. The lowest BCUT2D eigenvalue weighted by Gasteiger charge is -2.05. The summed E-state index contributed by atoms with van der Waals surface area (Å²) in [5.41, 5.74) is 3.62. The van der Waals surface area contributed by atoms with Crippen molar-refractivity contribution in [3.05, 3.63) is 11.1 Å². The van der Waals surface area contributed by atoms with Crippen LogP contribution in [0.4, 0.5) is 0 Å². The summed E-state index contributed by atoms with van der Waals surface area (Å²) in [4.78, 5) is 0. The second kappa shape index (κ2) is 6.23. The van der Waals surface area contributed by atoms with Crippen molar-refractivity contribution in [1.82, 2.24) is 0 Å². The van der Waals surface area contributed by atoms with Gasteiger partial charge in [0.05, 0.1) is 0 Å². The molecule has 0 atom stereocenters. The topological polar surface area (TPSA) is 0 Å². The van der Waals surface area contributed by atoms with E-state index in [-0.39, 0.29) is 0 Å². The van der Waals surface area contributed by atoms with E-state index in [0.717, 1.165) is 0 Å². The smallest absolute Gasteiger partial charge is 0.0280 e. The van der Waals surface area contributed by atoms with Crippen LogP contribution < -0.4 is 0 Å². The van der Waals surface area contributed by atoms with Crippen LogP contribution in [0.5, 0.6) is 0 Å². The third-order valence-corrected chi connectivity index (χ3v) is 2.88. The molecule has 0 unspecified atom stereocenters. The maximum absolute atomic E-state index is 2.30. The van der Waals surface area contributed by atoms with Gasteiger partial charge in [-0.25, -0.2) is 0 Å². The van der Waals surface area contributed by atoms with Crippen molar-refractivity contribution in [2.24, 2.45) is 0 Å². The normalized spacial score (nSPS) is 14.8. The van der Waals surface area contributed by atoms with E-state index in [0.29, 0.717) is 0 Å². The zero-order valence-electron chi connectivity index (χ0n) is 9.36. The molecular weight excluding hydrogens is 156 g/mol. The van der Waals surface area contributed by atoms with Gasteiger partial charge in [-0.1, -0.05) is 50.7 Å². The van der Waals surface area contributed by atoms with Crippen molar-refractivity contribution in [2.45, 2.75) is 71.6 Å². The van der Waals surface area contributed by atoms with Gasteiger partial charge in [0.1, 0.15) is 0 Å². The molecule has 0 aromatic rings. The maximum Gasteiger partial charge on any atom is -0.0280 e. The van der Waals surface area contributed by atoms with E-state index in [9.17, 15) is 0 Å². The molecule has 0 radical (unpaired) electrons. The van der Waals surface area contributed by atoms with Crippen molar-refractivity contribution in [3.63, 3.8) is 0 Å². The Kier molecular flexibility index (Phi) is 5.19. The minimum absolute atomic E-state index is 1.34. The van der Waals surface area contributed by atoms with Crippen LogP contribution in [0.25, 0.3) is 0 Å². The summed E-state index contributed by atoms with van der Waals surface area (Å²) in [7, 11) is 0. The van der Waals surface area contributed by atoms with Gasteiger partial charge >= 0.3 is 0 Å². The molecule has 1 rings (SSSR count). The van der Waals surface area contributed by atoms with Crippen LogP contribution in [-0.4, -0.2) is 0 Å². The Morgan fingerprint density at radius 3 is 2.23 bits per heavy atom. The Morgan fingerprint density at radius 2 is 1.69 bits per heavy atom. The van der Waals surface area contributed by atoms with Crippen molar-refractivity contribution < 1.29 is 0 Å². The van der Waals surface area contributed by atoms with Gasteiger partial charge < -0.3 is 0 Å². The van der Waals surface area contributed by atoms with E-state index >= 15 is 0 Å². The fourth-order valence-corrected chi connectivity index (χ4v) is 1.96. The van der Waals surface area contributed by atoms with Crippen molar-refractivity contribution in [2.75, 3.05) is 0 Å². The van der Waals surface area contributed by atoms with Gasteiger partial charge in [0, 0.05) is 0 Å². The third-order valence-electron chi connectivity index (χ3n) is 2.88. The van der Waals surface area contributed by atoms with Crippen LogP contribution in [0.2, 0.25) is 0 Å². The molecule has 0 aromatic carbocycles. The molecule has 1 saturated carbocycles. The van der Waals surface area contributed by atoms with E-state index in [4.69, 9.17) is 0 Å². The molecule has 76 valence electrons. The molecule has 0 aliphatic heterocycles. The quantitative estimate of drug-likeness (QED) is 0.388.